The Morgan fingerprint density at radius 1 is 1.41 bits per heavy atom. The van der Waals surface area contributed by atoms with Crippen LogP contribution in [0.15, 0.2) is 35.4 Å². The highest BCUT2D eigenvalue weighted by atomic mass is 16.2. The Bertz CT molecular complexity index is 733. The molecule has 6 nitrogen and oxygen atoms in total. The molecule has 1 saturated heterocycles. The maximum absolute atomic E-state index is 12.8. The van der Waals surface area contributed by atoms with Crippen molar-refractivity contribution in [3.8, 4) is 0 Å². The summed E-state index contributed by atoms with van der Waals surface area (Å²) in [5.74, 6) is -0.171. The van der Waals surface area contributed by atoms with Gasteiger partial charge < -0.3 is 9.47 Å². The molecule has 3 heterocycles. The van der Waals surface area contributed by atoms with Gasteiger partial charge in [-0.3, -0.25) is 14.3 Å². The smallest absolute Gasteiger partial charge is 0.263 e. The molecule has 0 N–H and O–H groups in total. The van der Waals surface area contributed by atoms with E-state index in [0.717, 1.165) is 18.5 Å². The van der Waals surface area contributed by atoms with Crippen molar-refractivity contribution in [2.45, 2.75) is 32.4 Å². The van der Waals surface area contributed by atoms with E-state index < -0.39 is 0 Å². The van der Waals surface area contributed by atoms with Crippen molar-refractivity contribution in [2.75, 3.05) is 6.54 Å². The first-order chi connectivity index (χ1) is 10.6. The van der Waals surface area contributed by atoms with Crippen LogP contribution in [-0.4, -0.2) is 37.7 Å². The van der Waals surface area contributed by atoms with E-state index in [-0.39, 0.29) is 23.1 Å². The SMILES string of the molecule is Cc1ccc(C(=O)N2CCCC2Cn2cccn2)c(=O)n1C. The zero-order chi connectivity index (χ0) is 15.7. The lowest BCUT2D eigenvalue weighted by Gasteiger charge is -2.24. The molecule has 22 heavy (non-hydrogen) atoms. The minimum atomic E-state index is -0.227. The molecule has 6 heteroatoms. The van der Waals surface area contributed by atoms with Crippen LogP contribution in [0, 0.1) is 6.92 Å². The zero-order valence-corrected chi connectivity index (χ0v) is 12.9. The summed E-state index contributed by atoms with van der Waals surface area (Å²) in [6.07, 6.45) is 5.53. The molecule has 0 bridgehead atoms. The molecule has 0 aliphatic carbocycles. The zero-order valence-electron chi connectivity index (χ0n) is 12.9. The summed E-state index contributed by atoms with van der Waals surface area (Å²) in [4.78, 5) is 26.9. The highest BCUT2D eigenvalue weighted by Crippen LogP contribution is 2.20. The molecule has 2 aromatic heterocycles. The van der Waals surface area contributed by atoms with Crippen molar-refractivity contribution < 1.29 is 4.79 Å². The topological polar surface area (TPSA) is 60.1 Å². The number of amides is 1. The van der Waals surface area contributed by atoms with Crippen LogP contribution in [-0.2, 0) is 13.6 Å². The third-order valence-corrected chi connectivity index (χ3v) is 4.38. The van der Waals surface area contributed by atoms with Gasteiger partial charge in [-0.25, -0.2) is 0 Å². The molecule has 0 radical (unpaired) electrons. The number of aromatic nitrogens is 3. The van der Waals surface area contributed by atoms with E-state index in [1.807, 2.05) is 34.8 Å². The number of carbonyl (C=O) groups excluding carboxylic acids is 1. The molecular formula is C16H20N4O2. The fraction of sp³-hybridized carbons (Fsp3) is 0.438. The van der Waals surface area contributed by atoms with E-state index in [4.69, 9.17) is 0 Å². The lowest BCUT2D eigenvalue weighted by Crippen LogP contribution is -2.41. The van der Waals surface area contributed by atoms with Gasteiger partial charge in [-0.2, -0.15) is 5.10 Å². The molecule has 1 aliphatic rings. The fourth-order valence-electron chi connectivity index (χ4n) is 2.96. The lowest BCUT2D eigenvalue weighted by molar-refractivity contribution is 0.0719. The van der Waals surface area contributed by atoms with Crippen LogP contribution in [0.2, 0.25) is 0 Å². The van der Waals surface area contributed by atoms with Gasteiger partial charge in [0.2, 0.25) is 0 Å². The van der Waals surface area contributed by atoms with Crippen molar-refractivity contribution in [1.29, 1.82) is 0 Å². The Morgan fingerprint density at radius 2 is 2.23 bits per heavy atom. The highest BCUT2D eigenvalue weighted by molar-refractivity contribution is 5.94. The summed E-state index contributed by atoms with van der Waals surface area (Å²) >= 11 is 0. The average molecular weight is 300 g/mol. The molecule has 0 spiro atoms. The number of likely N-dealkylation sites (tertiary alicyclic amines) is 1. The molecule has 1 atom stereocenters. The first-order valence-electron chi connectivity index (χ1n) is 7.53. The van der Waals surface area contributed by atoms with Crippen molar-refractivity contribution >= 4 is 5.91 Å². The van der Waals surface area contributed by atoms with Gasteiger partial charge in [0.1, 0.15) is 5.56 Å². The fourth-order valence-corrected chi connectivity index (χ4v) is 2.96. The Hall–Kier alpha value is -2.37. The maximum atomic E-state index is 12.8. The number of rotatable bonds is 3. The maximum Gasteiger partial charge on any atom is 0.263 e. The summed E-state index contributed by atoms with van der Waals surface area (Å²) in [5, 5.41) is 4.20. The summed E-state index contributed by atoms with van der Waals surface area (Å²) in [7, 11) is 1.69. The first kappa shape index (κ1) is 14.6. The van der Waals surface area contributed by atoms with Crippen LogP contribution in [0.1, 0.15) is 28.9 Å². The van der Waals surface area contributed by atoms with Gasteiger partial charge in [-0.1, -0.05) is 0 Å². The normalized spacial score (nSPS) is 17.9. The first-order valence-corrected chi connectivity index (χ1v) is 7.53. The summed E-state index contributed by atoms with van der Waals surface area (Å²) in [6, 6.07) is 5.42. The van der Waals surface area contributed by atoms with E-state index in [1.165, 1.54) is 4.57 Å². The van der Waals surface area contributed by atoms with E-state index >= 15 is 0 Å². The van der Waals surface area contributed by atoms with E-state index in [1.54, 1.807) is 19.3 Å². The third-order valence-electron chi connectivity index (χ3n) is 4.38. The number of carbonyl (C=O) groups is 1. The molecule has 116 valence electrons. The van der Waals surface area contributed by atoms with E-state index in [9.17, 15) is 9.59 Å². The summed E-state index contributed by atoms with van der Waals surface area (Å²) < 4.78 is 3.36. The van der Waals surface area contributed by atoms with Crippen molar-refractivity contribution in [3.05, 3.63) is 52.2 Å². The highest BCUT2D eigenvalue weighted by Gasteiger charge is 2.31. The van der Waals surface area contributed by atoms with Gasteiger partial charge in [0, 0.05) is 31.7 Å². The van der Waals surface area contributed by atoms with Crippen LogP contribution in [0.3, 0.4) is 0 Å². The quantitative estimate of drug-likeness (QED) is 0.855. The minimum Gasteiger partial charge on any atom is -0.334 e. The Labute approximate surface area is 129 Å². The standard InChI is InChI=1S/C16H20N4O2/c1-12-6-7-14(15(21)18(12)2)16(22)20-10-3-5-13(20)11-19-9-4-8-17-19/h4,6-9,13H,3,5,10-11H2,1-2H3. The number of aryl methyl sites for hydroxylation is 1. The number of hydrogen-bond donors (Lipinski definition) is 0. The average Bonchev–Trinajstić information content (AvgIpc) is 3.16. The molecule has 1 fully saturated rings. The molecule has 1 unspecified atom stereocenters. The van der Waals surface area contributed by atoms with Gasteiger partial charge in [0.15, 0.2) is 0 Å². The predicted octanol–water partition coefficient (Wildman–Crippen LogP) is 1.20. The van der Waals surface area contributed by atoms with Gasteiger partial charge in [0.05, 0.1) is 12.6 Å². The van der Waals surface area contributed by atoms with Crippen LogP contribution < -0.4 is 5.56 Å². The van der Waals surface area contributed by atoms with E-state index in [2.05, 4.69) is 5.10 Å². The number of nitrogens with zero attached hydrogens (tertiary/aromatic N) is 4. The van der Waals surface area contributed by atoms with Crippen molar-refractivity contribution in [2.24, 2.45) is 7.05 Å². The molecule has 1 aliphatic heterocycles. The molecule has 3 rings (SSSR count). The lowest BCUT2D eigenvalue weighted by atomic mass is 10.2. The van der Waals surface area contributed by atoms with Crippen LogP contribution >= 0.6 is 0 Å². The third kappa shape index (κ3) is 2.56. The summed E-state index contributed by atoms with van der Waals surface area (Å²) in [5.41, 5.74) is 0.867. The Morgan fingerprint density at radius 3 is 2.95 bits per heavy atom. The van der Waals surface area contributed by atoms with Crippen LogP contribution in [0.25, 0.3) is 0 Å². The monoisotopic (exact) mass is 300 g/mol. The summed E-state index contributed by atoms with van der Waals surface area (Å²) in [6.45, 7) is 3.22. The van der Waals surface area contributed by atoms with Crippen LogP contribution in [0.5, 0.6) is 0 Å². The Kier molecular flexibility index (Phi) is 3.83. The molecule has 0 saturated carbocycles. The second-order valence-electron chi connectivity index (χ2n) is 5.78. The van der Waals surface area contributed by atoms with Gasteiger partial charge in [-0.15, -0.1) is 0 Å². The molecule has 1 amide bonds. The molecule has 0 aromatic carbocycles. The van der Waals surface area contributed by atoms with Crippen molar-refractivity contribution in [1.82, 2.24) is 19.2 Å². The molecular weight excluding hydrogens is 280 g/mol. The second-order valence-corrected chi connectivity index (χ2v) is 5.78. The van der Waals surface area contributed by atoms with Crippen LogP contribution in [0.4, 0.5) is 0 Å². The largest absolute Gasteiger partial charge is 0.334 e. The number of hydrogen-bond acceptors (Lipinski definition) is 3. The van der Waals surface area contributed by atoms with Gasteiger partial charge in [-0.05, 0) is 38.0 Å². The van der Waals surface area contributed by atoms with Crippen molar-refractivity contribution in [3.63, 3.8) is 0 Å². The van der Waals surface area contributed by atoms with Gasteiger partial charge >= 0.3 is 0 Å². The Balaban J connectivity index is 1.85. The van der Waals surface area contributed by atoms with E-state index in [0.29, 0.717) is 13.1 Å². The number of pyridine rings is 1. The predicted molar refractivity (Wildman–Crippen MR) is 82.7 cm³/mol. The second kappa shape index (κ2) is 5.79. The minimum absolute atomic E-state index is 0.0957. The van der Waals surface area contributed by atoms with Gasteiger partial charge in [0.25, 0.3) is 11.5 Å². The molecule has 2 aromatic rings.